The van der Waals surface area contributed by atoms with Crippen molar-refractivity contribution in [3.8, 4) is 5.75 Å². The zero-order valence-electron chi connectivity index (χ0n) is 15.7. The smallest absolute Gasteiger partial charge is 0.143 e. The first-order valence-electron chi connectivity index (χ1n) is 9.77. The zero-order chi connectivity index (χ0) is 19.3. The SMILES string of the molecule is Cc1ncnc2c1ccn2C1CCC(Oc2cc(Br)c(F)c3c2CNCC3)C1. The van der Waals surface area contributed by atoms with Gasteiger partial charge in [-0.05, 0) is 66.4 Å². The van der Waals surface area contributed by atoms with Crippen LogP contribution < -0.4 is 10.1 Å². The summed E-state index contributed by atoms with van der Waals surface area (Å²) in [6, 6.07) is 4.24. The van der Waals surface area contributed by atoms with Crippen molar-refractivity contribution < 1.29 is 9.13 Å². The van der Waals surface area contributed by atoms with Gasteiger partial charge >= 0.3 is 0 Å². The molecule has 0 amide bonds. The number of ether oxygens (including phenoxy) is 1. The van der Waals surface area contributed by atoms with Gasteiger partial charge in [0.25, 0.3) is 0 Å². The Kier molecular flexibility index (Phi) is 4.59. The Hall–Kier alpha value is -1.99. The first-order chi connectivity index (χ1) is 13.6. The Morgan fingerprint density at radius 2 is 2.18 bits per heavy atom. The van der Waals surface area contributed by atoms with Crippen LogP contribution in [-0.4, -0.2) is 27.2 Å². The van der Waals surface area contributed by atoms with Crippen molar-refractivity contribution in [1.82, 2.24) is 19.9 Å². The topological polar surface area (TPSA) is 52.0 Å². The number of nitrogens with one attached hydrogen (secondary N) is 1. The van der Waals surface area contributed by atoms with Crippen LogP contribution in [0.15, 0.2) is 29.1 Å². The Balaban J connectivity index is 1.39. The van der Waals surface area contributed by atoms with Gasteiger partial charge in [0.2, 0.25) is 0 Å². The summed E-state index contributed by atoms with van der Waals surface area (Å²) in [4.78, 5) is 8.77. The van der Waals surface area contributed by atoms with Crippen LogP contribution in [0.1, 0.15) is 42.1 Å². The van der Waals surface area contributed by atoms with Crippen molar-refractivity contribution in [3.63, 3.8) is 0 Å². The lowest BCUT2D eigenvalue weighted by Gasteiger charge is -2.24. The number of benzene rings is 1. The van der Waals surface area contributed by atoms with E-state index in [0.29, 0.717) is 23.5 Å². The van der Waals surface area contributed by atoms with E-state index in [0.717, 1.165) is 59.4 Å². The molecule has 5 nitrogen and oxygen atoms in total. The Bertz CT molecular complexity index is 1050. The molecule has 0 saturated heterocycles. The molecule has 5 rings (SSSR count). The lowest BCUT2D eigenvalue weighted by atomic mass is 9.99. The molecular weight excluding hydrogens is 423 g/mol. The molecule has 1 aromatic carbocycles. The maximum absolute atomic E-state index is 14.5. The standard InChI is InChI=1S/C21H22BrFN4O/c1-12-15-5-7-27(21(15)26-11-25-12)13-2-3-14(8-13)28-19-9-18(22)20(23)16-4-6-24-10-17(16)19/h5,7,9,11,13-14,24H,2-4,6,8,10H2,1H3. The van der Waals surface area contributed by atoms with Gasteiger partial charge in [0.05, 0.1) is 10.2 Å². The van der Waals surface area contributed by atoms with Crippen molar-refractivity contribution in [2.45, 2.75) is 51.3 Å². The highest BCUT2D eigenvalue weighted by molar-refractivity contribution is 9.10. The van der Waals surface area contributed by atoms with Gasteiger partial charge in [-0.3, -0.25) is 0 Å². The molecule has 3 heterocycles. The van der Waals surface area contributed by atoms with Crippen molar-refractivity contribution in [2.75, 3.05) is 6.54 Å². The van der Waals surface area contributed by atoms with Crippen LogP contribution in [-0.2, 0) is 13.0 Å². The fourth-order valence-electron chi connectivity index (χ4n) is 4.53. The van der Waals surface area contributed by atoms with Gasteiger partial charge < -0.3 is 14.6 Å². The summed E-state index contributed by atoms with van der Waals surface area (Å²) >= 11 is 3.36. The summed E-state index contributed by atoms with van der Waals surface area (Å²) in [7, 11) is 0. The van der Waals surface area contributed by atoms with Crippen LogP contribution in [0.4, 0.5) is 4.39 Å². The van der Waals surface area contributed by atoms with Crippen LogP contribution in [0.5, 0.6) is 5.75 Å². The van der Waals surface area contributed by atoms with Gasteiger partial charge in [0.15, 0.2) is 0 Å². The van der Waals surface area contributed by atoms with Crippen LogP contribution in [0, 0.1) is 12.7 Å². The van der Waals surface area contributed by atoms with E-state index in [-0.39, 0.29) is 11.9 Å². The predicted octanol–water partition coefficient (Wildman–Crippen LogP) is 4.46. The number of nitrogens with zero attached hydrogens (tertiary/aromatic N) is 3. The quantitative estimate of drug-likeness (QED) is 0.647. The number of rotatable bonds is 3. The zero-order valence-corrected chi connectivity index (χ0v) is 17.3. The summed E-state index contributed by atoms with van der Waals surface area (Å²) in [6.45, 7) is 3.47. The molecule has 1 saturated carbocycles. The Morgan fingerprint density at radius 1 is 1.29 bits per heavy atom. The minimum atomic E-state index is -0.151. The third kappa shape index (κ3) is 3.01. The van der Waals surface area contributed by atoms with Crippen molar-refractivity contribution >= 4 is 27.0 Å². The number of aryl methyl sites for hydroxylation is 1. The van der Waals surface area contributed by atoms with E-state index in [9.17, 15) is 4.39 Å². The second kappa shape index (κ2) is 7.12. The van der Waals surface area contributed by atoms with Gasteiger partial charge in [0, 0.05) is 36.2 Å². The Labute approximate surface area is 171 Å². The lowest BCUT2D eigenvalue weighted by molar-refractivity contribution is 0.201. The molecule has 0 radical (unpaired) electrons. The number of fused-ring (bicyclic) bond motifs is 2. The molecule has 1 N–H and O–H groups in total. The van der Waals surface area contributed by atoms with E-state index in [4.69, 9.17) is 4.74 Å². The third-order valence-electron chi connectivity index (χ3n) is 6.00. The third-order valence-corrected chi connectivity index (χ3v) is 6.58. The van der Waals surface area contributed by atoms with E-state index < -0.39 is 0 Å². The molecule has 1 aliphatic carbocycles. The average molecular weight is 445 g/mol. The highest BCUT2D eigenvalue weighted by Crippen LogP contribution is 2.38. The summed E-state index contributed by atoms with van der Waals surface area (Å²) in [6.07, 6.45) is 7.49. The number of hydrogen-bond donors (Lipinski definition) is 1. The molecule has 2 unspecified atom stereocenters. The number of halogens is 2. The molecule has 7 heteroatoms. The highest BCUT2D eigenvalue weighted by atomic mass is 79.9. The molecule has 1 fully saturated rings. The molecule has 2 aliphatic rings. The molecule has 146 valence electrons. The number of hydrogen-bond acceptors (Lipinski definition) is 4. The van der Waals surface area contributed by atoms with Gasteiger partial charge in [-0.2, -0.15) is 0 Å². The van der Waals surface area contributed by atoms with Gasteiger partial charge in [-0.15, -0.1) is 0 Å². The first kappa shape index (κ1) is 18.1. The van der Waals surface area contributed by atoms with Gasteiger partial charge in [0.1, 0.15) is 29.6 Å². The maximum atomic E-state index is 14.5. The highest BCUT2D eigenvalue weighted by Gasteiger charge is 2.30. The summed E-state index contributed by atoms with van der Waals surface area (Å²) in [5.74, 6) is 0.652. The second-order valence-corrected chi connectivity index (χ2v) is 8.53. The molecule has 3 aromatic rings. The minimum absolute atomic E-state index is 0.119. The van der Waals surface area contributed by atoms with Gasteiger partial charge in [-0.1, -0.05) is 0 Å². The summed E-state index contributed by atoms with van der Waals surface area (Å²) < 4.78 is 23.6. The van der Waals surface area contributed by atoms with E-state index >= 15 is 0 Å². The van der Waals surface area contributed by atoms with Crippen molar-refractivity contribution in [2.24, 2.45) is 0 Å². The van der Waals surface area contributed by atoms with Gasteiger partial charge in [-0.25, -0.2) is 14.4 Å². The summed E-state index contributed by atoms with van der Waals surface area (Å²) in [5.41, 5.74) is 3.74. The predicted molar refractivity (Wildman–Crippen MR) is 109 cm³/mol. The van der Waals surface area contributed by atoms with Crippen molar-refractivity contribution in [3.05, 3.63) is 51.8 Å². The van der Waals surface area contributed by atoms with Crippen LogP contribution in [0.25, 0.3) is 11.0 Å². The van der Waals surface area contributed by atoms with Crippen LogP contribution >= 0.6 is 15.9 Å². The molecule has 2 aromatic heterocycles. The second-order valence-electron chi connectivity index (χ2n) is 7.68. The first-order valence-corrected chi connectivity index (χ1v) is 10.6. The molecule has 28 heavy (non-hydrogen) atoms. The van der Waals surface area contributed by atoms with E-state index in [1.807, 2.05) is 6.92 Å². The minimum Gasteiger partial charge on any atom is -0.490 e. The normalized spacial score (nSPS) is 21.8. The fraction of sp³-hybridized carbons (Fsp3) is 0.429. The average Bonchev–Trinajstić information content (AvgIpc) is 3.33. The molecule has 2 atom stereocenters. The molecule has 0 bridgehead atoms. The fourth-order valence-corrected chi connectivity index (χ4v) is 4.97. The molecule has 0 spiro atoms. The maximum Gasteiger partial charge on any atom is 0.143 e. The monoisotopic (exact) mass is 444 g/mol. The number of aromatic nitrogens is 3. The molecule has 1 aliphatic heterocycles. The molecular formula is C21H22BrFN4O. The summed E-state index contributed by atoms with van der Waals surface area (Å²) in [5, 5.41) is 4.44. The van der Waals surface area contributed by atoms with E-state index in [2.05, 4.69) is 48.0 Å². The lowest BCUT2D eigenvalue weighted by Crippen LogP contribution is -2.26. The van der Waals surface area contributed by atoms with Crippen molar-refractivity contribution in [1.29, 1.82) is 0 Å². The Morgan fingerprint density at radius 3 is 3.07 bits per heavy atom. The van der Waals surface area contributed by atoms with E-state index in [1.54, 1.807) is 12.4 Å². The van der Waals surface area contributed by atoms with Crippen LogP contribution in [0.2, 0.25) is 0 Å². The van der Waals surface area contributed by atoms with E-state index in [1.165, 1.54) is 0 Å². The van der Waals surface area contributed by atoms with Crippen LogP contribution in [0.3, 0.4) is 0 Å². The largest absolute Gasteiger partial charge is 0.490 e.